The molecule has 0 bridgehead atoms. The predicted molar refractivity (Wildman–Crippen MR) is 80.6 cm³/mol. The molecule has 2 rings (SSSR count). The summed E-state index contributed by atoms with van der Waals surface area (Å²) < 4.78 is 0.708. The summed E-state index contributed by atoms with van der Waals surface area (Å²) in [6.45, 7) is 2.78. The van der Waals surface area contributed by atoms with Crippen molar-refractivity contribution >= 4 is 27.6 Å². The van der Waals surface area contributed by atoms with Crippen molar-refractivity contribution in [1.82, 2.24) is 0 Å². The Morgan fingerprint density at radius 3 is 2.95 bits per heavy atom. The van der Waals surface area contributed by atoms with Gasteiger partial charge in [0, 0.05) is 11.0 Å². The minimum Gasteiger partial charge on any atom is -0.480 e. The zero-order valence-electron chi connectivity index (χ0n) is 11.3. The molecule has 5 heteroatoms. The summed E-state index contributed by atoms with van der Waals surface area (Å²) in [5.41, 5.74) is 1.22. The third kappa shape index (κ3) is 2.80. The van der Waals surface area contributed by atoms with Crippen LogP contribution in [-0.2, 0) is 4.79 Å². The SMILES string of the molecule is CCC1CCN(c2cccc(Br)c2C#N)C(C(=O)O)C1. The molecule has 0 saturated carbocycles. The average Bonchev–Trinajstić information content (AvgIpc) is 2.46. The second-order valence-corrected chi connectivity index (χ2v) is 5.95. The van der Waals surface area contributed by atoms with Crippen molar-refractivity contribution in [2.45, 2.75) is 32.2 Å². The first-order valence-electron chi connectivity index (χ1n) is 6.76. The van der Waals surface area contributed by atoms with Gasteiger partial charge in [0.2, 0.25) is 0 Å². The number of carboxylic acid groups (broad SMARTS) is 1. The van der Waals surface area contributed by atoms with E-state index in [0.29, 0.717) is 34.6 Å². The lowest BCUT2D eigenvalue weighted by Crippen LogP contribution is -2.47. The Morgan fingerprint density at radius 1 is 1.60 bits per heavy atom. The van der Waals surface area contributed by atoms with E-state index in [2.05, 4.69) is 28.9 Å². The monoisotopic (exact) mass is 336 g/mol. The first-order chi connectivity index (χ1) is 9.58. The van der Waals surface area contributed by atoms with Crippen LogP contribution in [0.1, 0.15) is 31.7 Å². The molecule has 1 saturated heterocycles. The number of nitrogens with zero attached hydrogens (tertiary/aromatic N) is 2. The summed E-state index contributed by atoms with van der Waals surface area (Å²) in [4.78, 5) is 13.4. The van der Waals surface area contributed by atoms with Gasteiger partial charge in [-0.15, -0.1) is 0 Å². The van der Waals surface area contributed by atoms with E-state index in [1.54, 1.807) is 6.07 Å². The number of anilines is 1. The normalized spacial score (nSPS) is 22.4. The number of rotatable bonds is 3. The van der Waals surface area contributed by atoms with Crippen LogP contribution in [0.25, 0.3) is 0 Å². The lowest BCUT2D eigenvalue weighted by atomic mass is 9.88. The van der Waals surface area contributed by atoms with Gasteiger partial charge in [0.1, 0.15) is 12.1 Å². The van der Waals surface area contributed by atoms with Crippen LogP contribution in [0.2, 0.25) is 0 Å². The Kier molecular flexibility index (Phi) is 4.66. The van der Waals surface area contributed by atoms with E-state index in [1.807, 2.05) is 17.0 Å². The van der Waals surface area contributed by atoms with Gasteiger partial charge in [-0.2, -0.15) is 5.26 Å². The second-order valence-electron chi connectivity index (χ2n) is 5.09. The number of hydrogen-bond acceptors (Lipinski definition) is 3. The standard InChI is InChI=1S/C15H17BrN2O2/c1-2-10-6-7-18(14(8-10)15(19)20)13-5-3-4-12(16)11(13)9-17/h3-5,10,14H,2,6-8H2,1H3,(H,19,20). The van der Waals surface area contributed by atoms with Crippen molar-refractivity contribution in [3.8, 4) is 6.07 Å². The highest BCUT2D eigenvalue weighted by Gasteiger charge is 2.34. The lowest BCUT2D eigenvalue weighted by molar-refractivity contribution is -0.139. The van der Waals surface area contributed by atoms with Gasteiger partial charge in [0.15, 0.2) is 0 Å². The lowest BCUT2D eigenvalue weighted by Gasteiger charge is -2.39. The van der Waals surface area contributed by atoms with E-state index in [-0.39, 0.29) is 0 Å². The van der Waals surface area contributed by atoms with Crippen LogP contribution < -0.4 is 4.90 Å². The smallest absolute Gasteiger partial charge is 0.326 e. The molecule has 1 aromatic carbocycles. The molecule has 1 heterocycles. The van der Waals surface area contributed by atoms with Crippen LogP contribution >= 0.6 is 15.9 Å². The summed E-state index contributed by atoms with van der Waals surface area (Å²) in [7, 11) is 0. The molecule has 1 N–H and O–H groups in total. The van der Waals surface area contributed by atoms with Gasteiger partial charge in [0.05, 0.1) is 11.3 Å². The van der Waals surface area contributed by atoms with Gasteiger partial charge in [-0.1, -0.05) is 19.4 Å². The molecule has 2 atom stereocenters. The van der Waals surface area contributed by atoms with E-state index in [1.165, 1.54) is 0 Å². The van der Waals surface area contributed by atoms with Crippen LogP contribution in [0.15, 0.2) is 22.7 Å². The number of nitriles is 1. The molecule has 4 nitrogen and oxygen atoms in total. The first-order valence-corrected chi connectivity index (χ1v) is 7.55. The van der Waals surface area contributed by atoms with E-state index < -0.39 is 12.0 Å². The molecule has 0 aliphatic carbocycles. The van der Waals surface area contributed by atoms with Crippen LogP contribution in [0.3, 0.4) is 0 Å². The Hall–Kier alpha value is -1.54. The van der Waals surface area contributed by atoms with E-state index in [0.717, 1.165) is 12.8 Å². The number of carbonyl (C=O) groups is 1. The molecule has 1 fully saturated rings. The van der Waals surface area contributed by atoms with Crippen LogP contribution in [-0.4, -0.2) is 23.7 Å². The zero-order valence-corrected chi connectivity index (χ0v) is 12.9. The van der Waals surface area contributed by atoms with Crippen molar-refractivity contribution in [1.29, 1.82) is 5.26 Å². The van der Waals surface area contributed by atoms with Crippen molar-refractivity contribution in [2.75, 3.05) is 11.4 Å². The predicted octanol–water partition coefficient (Wildman–Crippen LogP) is 3.40. The Labute approximate surface area is 127 Å². The van der Waals surface area contributed by atoms with Crippen molar-refractivity contribution < 1.29 is 9.90 Å². The molecule has 106 valence electrons. The third-order valence-electron chi connectivity index (χ3n) is 3.99. The summed E-state index contributed by atoms with van der Waals surface area (Å²) in [5, 5.41) is 18.8. The Morgan fingerprint density at radius 2 is 2.35 bits per heavy atom. The zero-order chi connectivity index (χ0) is 14.7. The van der Waals surface area contributed by atoms with Crippen LogP contribution in [0.4, 0.5) is 5.69 Å². The molecule has 1 aromatic rings. The number of aliphatic carboxylic acids is 1. The fourth-order valence-corrected chi connectivity index (χ4v) is 3.24. The fourth-order valence-electron chi connectivity index (χ4n) is 2.79. The second kappa shape index (κ2) is 6.27. The molecule has 0 radical (unpaired) electrons. The maximum Gasteiger partial charge on any atom is 0.326 e. The molecular weight excluding hydrogens is 320 g/mol. The van der Waals surface area contributed by atoms with Gasteiger partial charge in [-0.05, 0) is 46.8 Å². The molecule has 0 spiro atoms. The van der Waals surface area contributed by atoms with Crippen molar-refractivity contribution in [2.24, 2.45) is 5.92 Å². The highest BCUT2D eigenvalue weighted by atomic mass is 79.9. The number of carboxylic acids is 1. The van der Waals surface area contributed by atoms with E-state index in [4.69, 9.17) is 0 Å². The summed E-state index contributed by atoms with van der Waals surface area (Å²) >= 11 is 3.36. The van der Waals surface area contributed by atoms with Crippen LogP contribution in [0.5, 0.6) is 0 Å². The van der Waals surface area contributed by atoms with E-state index in [9.17, 15) is 15.2 Å². The van der Waals surface area contributed by atoms with Gasteiger partial charge < -0.3 is 10.0 Å². The molecule has 2 unspecified atom stereocenters. The van der Waals surface area contributed by atoms with Gasteiger partial charge in [-0.3, -0.25) is 0 Å². The average molecular weight is 337 g/mol. The topological polar surface area (TPSA) is 64.3 Å². The molecule has 0 aromatic heterocycles. The summed E-state index contributed by atoms with van der Waals surface area (Å²) in [5.74, 6) is -0.364. The first kappa shape index (κ1) is 14.9. The number of benzene rings is 1. The third-order valence-corrected chi connectivity index (χ3v) is 4.65. The molecule has 20 heavy (non-hydrogen) atoms. The Balaban J connectivity index is 2.38. The Bertz CT molecular complexity index is 553. The molecule has 0 amide bonds. The van der Waals surface area contributed by atoms with Crippen LogP contribution in [0, 0.1) is 17.2 Å². The summed E-state index contributed by atoms with van der Waals surface area (Å²) in [6, 6.07) is 7.08. The molecule has 1 aliphatic heterocycles. The number of piperidine rings is 1. The highest BCUT2D eigenvalue weighted by molar-refractivity contribution is 9.10. The fraction of sp³-hybridized carbons (Fsp3) is 0.467. The van der Waals surface area contributed by atoms with Crippen molar-refractivity contribution in [3.63, 3.8) is 0 Å². The highest BCUT2D eigenvalue weighted by Crippen LogP contribution is 2.34. The molecular formula is C15H17BrN2O2. The maximum absolute atomic E-state index is 11.5. The minimum absolute atomic E-state index is 0.449. The largest absolute Gasteiger partial charge is 0.480 e. The van der Waals surface area contributed by atoms with Gasteiger partial charge in [-0.25, -0.2) is 4.79 Å². The maximum atomic E-state index is 11.5. The number of halogens is 1. The van der Waals surface area contributed by atoms with Gasteiger partial charge >= 0.3 is 5.97 Å². The van der Waals surface area contributed by atoms with Crippen molar-refractivity contribution in [3.05, 3.63) is 28.2 Å². The van der Waals surface area contributed by atoms with Gasteiger partial charge in [0.25, 0.3) is 0 Å². The quantitative estimate of drug-likeness (QED) is 0.918. The summed E-state index contributed by atoms with van der Waals surface area (Å²) in [6.07, 6.45) is 2.61. The minimum atomic E-state index is -0.813. The number of hydrogen-bond donors (Lipinski definition) is 1. The molecule has 1 aliphatic rings. The van der Waals surface area contributed by atoms with E-state index >= 15 is 0 Å².